The fourth-order valence-corrected chi connectivity index (χ4v) is 2.62. The molecule has 0 heterocycles. The number of hydrogen-bond acceptors (Lipinski definition) is 5. The monoisotopic (exact) mass is 431 g/mol. The smallest absolute Gasteiger partial charge is 0.344 e. The average molecular weight is 433 g/mol. The van der Waals surface area contributed by atoms with Gasteiger partial charge in [0.15, 0.2) is 13.2 Å². The zero-order valence-corrected chi connectivity index (χ0v) is 16.5. The van der Waals surface area contributed by atoms with Gasteiger partial charge in [0, 0.05) is 18.2 Å². The maximum atomic E-state index is 11.8. The zero-order chi connectivity index (χ0) is 19.8. The van der Waals surface area contributed by atoms with E-state index in [1.54, 1.807) is 13.2 Å². The Balaban J connectivity index is 1.75. The van der Waals surface area contributed by atoms with Crippen molar-refractivity contribution < 1.29 is 23.8 Å². The number of rotatable bonds is 8. The fourth-order valence-electron chi connectivity index (χ4n) is 2.03. The Bertz CT molecular complexity index is 829. The molecule has 9 heteroatoms. The average Bonchev–Trinajstić information content (AvgIpc) is 2.66. The van der Waals surface area contributed by atoms with Gasteiger partial charge in [0.1, 0.15) is 11.5 Å². The third kappa shape index (κ3) is 6.50. The summed E-state index contributed by atoms with van der Waals surface area (Å²) >= 11 is 17.6. The Morgan fingerprint density at radius 3 is 2.41 bits per heavy atom. The molecule has 0 atom stereocenters. The van der Waals surface area contributed by atoms with Crippen molar-refractivity contribution in [3.05, 3.63) is 57.0 Å². The second-order valence-corrected chi connectivity index (χ2v) is 6.46. The molecule has 0 bridgehead atoms. The molecule has 0 fully saturated rings. The van der Waals surface area contributed by atoms with Gasteiger partial charge in [-0.25, -0.2) is 4.79 Å². The van der Waals surface area contributed by atoms with Gasteiger partial charge < -0.3 is 19.5 Å². The Hall–Kier alpha value is -2.15. The molecule has 0 aromatic heterocycles. The van der Waals surface area contributed by atoms with E-state index in [-0.39, 0.29) is 27.4 Å². The van der Waals surface area contributed by atoms with Crippen molar-refractivity contribution in [3.63, 3.8) is 0 Å². The highest BCUT2D eigenvalue weighted by Gasteiger charge is 2.12. The molecule has 0 aliphatic carbocycles. The van der Waals surface area contributed by atoms with E-state index in [0.29, 0.717) is 5.75 Å². The molecule has 6 nitrogen and oxygen atoms in total. The van der Waals surface area contributed by atoms with Gasteiger partial charge in [-0.05, 0) is 12.1 Å². The molecule has 0 spiro atoms. The molecule has 144 valence electrons. The van der Waals surface area contributed by atoms with Crippen LogP contribution in [0.25, 0.3) is 0 Å². The molecule has 0 saturated heterocycles. The highest BCUT2D eigenvalue weighted by atomic mass is 35.5. The number of nitrogens with one attached hydrogen (secondary N) is 1. The van der Waals surface area contributed by atoms with Gasteiger partial charge in [-0.2, -0.15) is 0 Å². The minimum absolute atomic E-state index is 0.184. The van der Waals surface area contributed by atoms with E-state index >= 15 is 0 Å². The Morgan fingerprint density at radius 1 is 0.963 bits per heavy atom. The zero-order valence-electron chi connectivity index (χ0n) is 14.3. The molecule has 0 saturated carbocycles. The minimum atomic E-state index is -0.732. The first-order valence-corrected chi connectivity index (χ1v) is 8.85. The number of halogens is 3. The first kappa shape index (κ1) is 21.2. The predicted octanol–water partition coefficient (Wildman–Crippen LogP) is 3.89. The van der Waals surface area contributed by atoms with E-state index in [4.69, 9.17) is 49.0 Å². The second-order valence-electron chi connectivity index (χ2n) is 5.23. The molecule has 1 N–H and O–H groups in total. The lowest BCUT2D eigenvalue weighted by Crippen LogP contribution is -2.29. The van der Waals surface area contributed by atoms with Gasteiger partial charge in [-0.1, -0.05) is 53.0 Å². The van der Waals surface area contributed by atoms with Gasteiger partial charge in [-0.15, -0.1) is 0 Å². The molecular formula is C18H16Cl3NO5. The standard InChI is InChI=1S/C18H16Cl3NO5/c1-25-15-5-3-2-4-11(15)8-22-17(23)9-27-18(24)10-26-16-7-13(20)12(19)6-14(16)21/h2-7H,8-10H2,1H3,(H,22,23). The van der Waals surface area contributed by atoms with Crippen molar-refractivity contribution in [2.24, 2.45) is 0 Å². The van der Waals surface area contributed by atoms with Crippen molar-refractivity contribution in [1.82, 2.24) is 5.32 Å². The SMILES string of the molecule is COc1ccccc1CNC(=O)COC(=O)COc1cc(Cl)c(Cl)cc1Cl. The van der Waals surface area contributed by atoms with Crippen LogP contribution in [0.1, 0.15) is 5.56 Å². The molecule has 0 radical (unpaired) electrons. The number of benzene rings is 2. The lowest BCUT2D eigenvalue weighted by molar-refractivity contribution is -0.150. The van der Waals surface area contributed by atoms with Crippen molar-refractivity contribution in [2.75, 3.05) is 20.3 Å². The summed E-state index contributed by atoms with van der Waals surface area (Å²) in [4.78, 5) is 23.5. The largest absolute Gasteiger partial charge is 0.496 e. The summed E-state index contributed by atoms with van der Waals surface area (Å²) in [5.41, 5.74) is 0.803. The van der Waals surface area contributed by atoms with Crippen molar-refractivity contribution >= 4 is 46.7 Å². The van der Waals surface area contributed by atoms with Crippen molar-refractivity contribution in [2.45, 2.75) is 6.54 Å². The normalized spacial score (nSPS) is 10.2. The van der Waals surface area contributed by atoms with E-state index < -0.39 is 25.1 Å². The van der Waals surface area contributed by atoms with E-state index in [9.17, 15) is 9.59 Å². The van der Waals surface area contributed by atoms with Crippen LogP contribution >= 0.6 is 34.8 Å². The van der Waals surface area contributed by atoms with Crippen LogP contribution in [0.2, 0.25) is 15.1 Å². The van der Waals surface area contributed by atoms with Gasteiger partial charge in [0.05, 0.1) is 22.2 Å². The third-order valence-electron chi connectivity index (χ3n) is 3.35. The van der Waals surface area contributed by atoms with Crippen LogP contribution in [0.15, 0.2) is 36.4 Å². The van der Waals surface area contributed by atoms with Gasteiger partial charge in [0.25, 0.3) is 5.91 Å². The highest BCUT2D eigenvalue weighted by Crippen LogP contribution is 2.33. The van der Waals surface area contributed by atoms with Crippen LogP contribution in [-0.2, 0) is 20.9 Å². The van der Waals surface area contributed by atoms with E-state index in [2.05, 4.69) is 5.32 Å². The topological polar surface area (TPSA) is 73.9 Å². The number of carbonyl (C=O) groups excluding carboxylic acids is 2. The van der Waals surface area contributed by atoms with Gasteiger partial charge in [-0.3, -0.25) is 4.79 Å². The van der Waals surface area contributed by atoms with Crippen molar-refractivity contribution in [3.8, 4) is 11.5 Å². The summed E-state index contributed by atoms with van der Waals surface area (Å²) in [7, 11) is 1.54. The third-order valence-corrected chi connectivity index (χ3v) is 4.37. The second kappa shape index (κ2) is 10.3. The highest BCUT2D eigenvalue weighted by molar-refractivity contribution is 6.43. The summed E-state index contributed by atoms with van der Waals surface area (Å²) in [6.45, 7) is -0.625. The lowest BCUT2D eigenvalue weighted by Gasteiger charge is -2.11. The predicted molar refractivity (Wildman–Crippen MR) is 103 cm³/mol. The maximum absolute atomic E-state index is 11.8. The molecular weight excluding hydrogens is 417 g/mol. The minimum Gasteiger partial charge on any atom is -0.496 e. The number of carbonyl (C=O) groups is 2. The summed E-state index contributed by atoms with van der Waals surface area (Å²) < 4.78 is 15.3. The van der Waals surface area contributed by atoms with Crippen LogP contribution in [0.3, 0.4) is 0 Å². The molecule has 0 aliphatic heterocycles. The van der Waals surface area contributed by atoms with Crippen molar-refractivity contribution in [1.29, 1.82) is 0 Å². The molecule has 27 heavy (non-hydrogen) atoms. The van der Waals surface area contributed by atoms with Crippen LogP contribution in [0.5, 0.6) is 11.5 Å². The first-order chi connectivity index (χ1) is 12.9. The summed E-state index contributed by atoms with van der Waals surface area (Å²) in [6, 6.07) is 10.0. The van der Waals surface area contributed by atoms with E-state index in [1.807, 2.05) is 18.2 Å². The van der Waals surface area contributed by atoms with Gasteiger partial charge in [0.2, 0.25) is 0 Å². The number of methoxy groups -OCH3 is 1. The Morgan fingerprint density at radius 2 is 1.67 bits per heavy atom. The summed E-state index contributed by atoms with van der Waals surface area (Å²) in [5, 5.41) is 3.34. The number of amides is 1. The van der Waals surface area contributed by atoms with E-state index in [1.165, 1.54) is 12.1 Å². The maximum Gasteiger partial charge on any atom is 0.344 e. The molecule has 1 amide bonds. The van der Waals surface area contributed by atoms with E-state index in [0.717, 1.165) is 5.56 Å². The quantitative estimate of drug-likeness (QED) is 0.506. The van der Waals surface area contributed by atoms with Crippen LogP contribution in [0.4, 0.5) is 0 Å². The van der Waals surface area contributed by atoms with Gasteiger partial charge >= 0.3 is 5.97 Å². The Kier molecular flexibility index (Phi) is 8.03. The summed E-state index contributed by atoms with van der Waals surface area (Å²) in [5.74, 6) is -0.350. The first-order valence-electron chi connectivity index (χ1n) is 7.72. The Labute approximate surface area is 171 Å². The number of hydrogen-bond donors (Lipinski definition) is 1. The van der Waals surface area contributed by atoms with Crippen LogP contribution in [0, 0.1) is 0 Å². The molecule has 0 aliphatic rings. The molecule has 0 unspecified atom stereocenters. The lowest BCUT2D eigenvalue weighted by atomic mass is 10.2. The molecule has 2 aromatic rings. The van der Waals surface area contributed by atoms with Crippen LogP contribution in [-0.4, -0.2) is 32.2 Å². The number of ether oxygens (including phenoxy) is 3. The van der Waals surface area contributed by atoms with Crippen LogP contribution < -0.4 is 14.8 Å². The molecule has 2 aromatic carbocycles. The number of para-hydroxylation sites is 1. The number of esters is 1. The fraction of sp³-hybridized carbons (Fsp3) is 0.222. The molecule has 2 rings (SSSR count). The summed E-state index contributed by atoms with van der Waals surface area (Å²) in [6.07, 6.45) is 0.